The summed E-state index contributed by atoms with van der Waals surface area (Å²) in [6.45, 7) is 19.8. The topological polar surface area (TPSA) is 217 Å². The quantitative estimate of drug-likeness (QED) is 0.156. The third-order valence-corrected chi connectivity index (χ3v) is 13.8. The van der Waals surface area contributed by atoms with Gasteiger partial charge in [-0.25, -0.2) is 0 Å². The van der Waals surface area contributed by atoms with Gasteiger partial charge in [-0.1, -0.05) is 27.7 Å². The van der Waals surface area contributed by atoms with Gasteiger partial charge in [-0.2, -0.15) is 0 Å². The van der Waals surface area contributed by atoms with Crippen molar-refractivity contribution >= 4 is 11.9 Å². The summed E-state index contributed by atoms with van der Waals surface area (Å²) in [6, 6.07) is -1.18. The van der Waals surface area contributed by atoms with Gasteiger partial charge in [-0.3, -0.25) is 14.5 Å². The molecule has 3 heterocycles. The number of carboxylic acid groups (broad SMARTS) is 1. The molecule has 0 aliphatic carbocycles. The molecule has 3 fully saturated rings. The molecule has 0 bridgehead atoms. The molecule has 3 rings (SSSR count). The fourth-order valence-electron chi connectivity index (χ4n) is 9.88. The van der Waals surface area contributed by atoms with Crippen LogP contribution in [-0.4, -0.2) is 176 Å². The first-order valence-electron chi connectivity index (χ1n) is 21.8. The highest BCUT2D eigenvalue weighted by atomic mass is 16.7. The van der Waals surface area contributed by atoms with Crippen molar-refractivity contribution in [1.82, 2.24) is 9.80 Å². The van der Waals surface area contributed by atoms with Crippen LogP contribution < -0.4 is 0 Å². The minimum atomic E-state index is -1.84. The van der Waals surface area contributed by atoms with E-state index in [4.69, 9.17) is 28.4 Å². The van der Waals surface area contributed by atoms with E-state index in [2.05, 4.69) is 0 Å². The SMILES string of the molecule is CCC(CCC(=O)O)N(C)C1CC(C)OC(OC2C(C)C(OC3CC(C)(OC)C(O)C(C)O3)C(C)C(=O)OC(CC)C(C)(O)C(O)C(C)N(C)CC(C)CC2(C)O)C1O. The van der Waals surface area contributed by atoms with E-state index in [0.717, 1.165) is 0 Å². The Balaban J connectivity index is 2.17. The summed E-state index contributed by atoms with van der Waals surface area (Å²) in [6.07, 6.45) is -8.19. The van der Waals surface area contributed by atoms with E-state index < -0.39 is 108 Å². The summed E-state index contributed by atoms with van der Waals surface area (Å²) in [5, 5.41) is 68.5. The minimum absolute atomic E-state index is 0.0181. The standard InChI is InChI=1S/C43H80N2O14/c1-15-29(17-18-32(46)47)45(13)30-19-24(4)55-40(34(30)48)59-38-25(5)35(58-33-21-42(10,54-14)37(50)28(8)56-33)26(6)39(51)57-31(16-2)43(11,53)36(49)27(7)44(12)22-23(3)20-41(38,9)52/h23-31,33-38,40,48-50,52-53H,15-22H2,1-14H3,(H,46,47). The van der Waals surface area contributed by atoms with Crippen molar-refractivity contribution in [2.75, 3.05) is 27.7 Å². The Kier molecular flexibility index (Phi) is 18.6. The van der Waals surface area contributed by atoms with Crippen molar-refractivity contribution in [2.24, 2.45) is 17.8 Å². The van der Waals surface area contributed by atoms with Crippen LogP contribution in [0.25, 0.3) is 0 Å². The molecular weight excluding hydrogens is 768 g/mol. The molecule has 16 nitrogen and oxygen atoms in total. The summed E-state index contributed by atoms with van der Waals surface area (Å²) in [7, 11) is 5.18. The average molecular weight is 849 g/mol. The molecule has 0 radical (unpaired) electrons. The van der Waals surface area contributed by atoms with Gasteiger partial charge in [0.2, 0.25) is 0 Å². The summed E-state index contributed by atoms with van der Waals surface area (Å²) in [5.74, 6) is -3.71. The number of likely N-dealkylation sites (N-methyl/N-ethyl adjacent to an activating group) is 2. The summed E-state index contributed by atoms with van der Waals surface area (Å²) < 4.78 is 37.9. The lowest BCUT2D eigenvalue weighted by Crippen LogP contribution is -2.61. The van der Waals surface area contributed by atoms with E-state index in [9.17, 15) is 40.2 Å². The zero-order valence-corrected chi connectivity index (χ0v) is 38.2. The number of carbonyl (C=O) groups excluding carboxylic acids is 1. The molecule has 0 spiro atoms. The molecule has 59 heavy (non-hydrogen) atoms. The molecule has 3 saturated heterocycles. The molecule has 0 saturated carbocycles. The first-order chi connectivity index (χ1) is 27.3. The maximum absolute atomic E-state index is 14.3. The summed E-state index contributed by atoms with van der Waals surface area (Å²) in [5.41, 5.74) is -4.53. The number of aliphatic hydroxyl groups is 5. The van der Waals surface area contributed by atoms with Gasteiger partial charge in [0.1, 0.15) is 30.0 Å². The van der Waals surface area contributed by atoms with Gasteiger partial charge in [0.15, 0.2) is 12.6 Å². The second kappa shape index (κ2) is 21.2. The molecule has 0 aromatic heterocycles. The van der Waals surface area contributed by atoms with Crippen molar-refractivity contribution < 1.29 is 68.6 Å². The highest BCUT2D eigenvalue weighted by Crippen LogP contribution is 2.40. The van der Waals surface area contributed by atoms with Gasteiger partial charge in [-0.05, 0) is 101 Å². The predicted molar refractivity (Wildman–Crippen MR) is 219 cm³/mol. The molecule has 346 valence electrons. The van der Waals surface area contributed by atoms with Crippen LogP contribution in [0.4, 0.5) is 0 Å². The van der Waals surface area contributed by atoms with Crippen molar-refractivity contribution in [2.45, 2.75) is 217 Å². The van der Waals surface area contributed by atoms with Gasteiger partial charge >= 0.3 is 11.9 Å². The van der Waals surface area contributed by atoms with E-state index in [1.54, 1.807) is 48.5 Å². The van der Waals surface area contributed by atoms with Gasteiger partial charge in [0.05, 0.1) is 41.5 Å². The Morgan fingerprint density at radius 1 is 0.983 bits per heavy atom. The maximum atomic E-state index is 14.3. The number of aliphatic carboxylic acids is 1. The van der Waals surface area contributed by atoms with E-state index in [1.165, 1.54) is 14.0 Å². The number of rotatable bonds is 12. The number of cyclic esters (lactones) is 1. The lowest BCUT2D eigenvalue weighted by Gasteiger charge is -2.49. The summed E-state index contributed by atoms with van der Waals surface area (Å²) in [4.78, 5) is 29.7. The fraction of sp³-hybridized carbons (Fsp3) is 0.953. The monoisotopic (exact) mass is 849 g/mol. The van der Waals surface area contributed by atoms with Crippen LogP contribution in [-0.2, 0) is 38.0 Å². The minimum Gasteiger partial charge on any atom is -0.481 e. The number of hydrogen-bond donors (Lipinski definition) is 6. The molecule has 0 aromatic carbocycles. The molecule has 19 atom stereocenters. The Hall–Kier alpha value is -1.54. The molecule has 3 aliphatic rings. The van der Waals surface area contributed by atoms with Crippen LogP contribution in [0.5, 0.6) is 0 Å². The van der Waals surface area contributed by atoms with Crippen LogP contribution in [0, 0.1) is 17.8 Å². The number of carboxylic acids is 1. The number of ether oxygens (including phenoxy) is 6. The van der Waals surface area contributed by atoms with Crippen LogP contribution in [0.15, 0.2) is 0 Å². The highest BCUT2D eigenvalue weighted by Gasteiger charge is 2.53. The van der Waals surface area contributed by atoms with Crippen LogP contribution in [0.2, 0.25) is 0 Å². The van der Waals surface area contributed by atoms with Gasteiger partial charge < -0.3 is 64.0 Å². The van der Waals surface area contributed by atoms with Gasteiger partial charge in [-0.15, -0.1) is 0 Å². The summed E-state index contributed by atoms with van der Waals surface area (Å²) >= 11 is 0. The number of methoxy groups -OCH3 is 1. The van der Waals surface area contributed by atoms with E-state index in [1.807, 2.05) is 44.7 Å². The van der Waals surface area contributed by atoms with Crippen molar-refractivity contribution in [3.8, 4) is 0 Å². The molecule has 3 aliphatic heterocycles. The number of carbonyl (C=O) groups is 2. The zero-order chi connectivity index (χ0) is 44.9. The molecule has 16 heteroatoms. The molecule has 0 aromatic rings. The van der Waals surface area contributed by atoms with Crippen LogP contribution in [0.3, 0.4) is 0 Å². The zero-order valence-electron chi connectivity index (χ0n) is 38.2. The molecule has 6 N–H and O–H groups in total. The number of nitrogens with zero attached hydrogens (tertiary/aromatic N) is 2. The first-order valence-corrected chi connectivity index (χ1v) is 21.8. The second-order valence-corrected chi connectivity index (χ2v) is 18.9. The second-order valence-electron chi connectivity index (χ2n) is 18.9. The largest absolute Gasteiger partial charge is 0.481 e. The lowest BCUT2D eigenvalue weighted by molar-refractivity contribution is -0.318. The van der Waals surface area contributed by atoms with E-state index in [0.29, 0.717) is 25.8 Å². The Bertz CT molecular complexity index is 1340. The van der Waals surface area contributed by atoms with Gasteiger partial charge in [0, 0.05) is 50.5 Å². The van der Waals surface area contributed by atoms with Crippen molar-refractivity contribution in [3.05, 3.63) is 0 Å². The van der Waals surface area contributed by atoms with E-state index in [-0.39, 0.29) is 43.7 Å². The Morgan fingerprint density at radius 3 is 2.17 bits per heavy atom. The lowest BCUT2D eigenvalue weighted by atomic mass is 9.77. The average Bonchev–Trinajstić information content (AvgIpc) is 3.15. The molecule has 0 amide bonds. The first kappa shape index (κ1) is 51.8. The van der Waals surface area contributed by atoms with Crippen LogP contribution >= 0.6 is 0 Å². The fourth-order valence-corrected chi connectivity index (χ4v) is 9.88. The third-order valence-electron chi connectivity index (χ3n) is 13.8. The Labute approximate surface area is 352 Å². The van der Waals surface area contributed by atoms with Crippen molar-refractivity contribution in [1.29, 1.82) is 0 Å². The number of esters is 1. The van der Waals surface area contributed by atoms with E-state index >= 15 is 0 Å². The molecule has 19 unspecified atom stereocenters. The normalized spacial score (nSPS) is 45.6. The van der Waals surface area contributed by atoms with Crippen LogP contribution in [0.1, 0.15) is 121 Å². The smallest absolute Gasteiger partial charge is 0.311 e. The molecular formula is C43H80N2O14. The number of aliphatic hydroxyl groups excluding tert-OH is 3. The van der Waals surface area contributed by atoms with Gasteiger partial charge in [0.25, 0.3) is 0 Å². The predicted octanol–water partition coefficient (Wildman–Crippen LogP) is 2.91. The highest BCUT2D eigenvalue weighted by molar-refractivity contribution is 5.73. The Morgan fingerprint density at radius 2 is 1.61 bits per heavy atom. The maximum Gasteiger partial charge on any atom is 0.311 e. The van der Waals surface area contributed by atoms with Crippen molar-refractivity contribution in [3.63, 3.8) is 0 Å². The third kappa shape index (κ3) is 12.3. The number of hydrogen-bond acceptors (Lipinski definition) is 15.